The summed E-state index contributed by atoms with van der Waals surface area (Å²) < 4.78 is 5.67. The fourth-order valence-electron chi connectivity index (χ4n) is 5.33. The molecule has 0 saturated heterocycles. The van der Waals surface area contributed by atoms with Gasteiger partial charge < -0.3 is 4.74 Å². The number of aromatic nitrogens is 2. The van der Waals surface area contributed by atoms with Crippen LogP contribution in [0.4, 0.5) is 0 Å². The summed E-state index contributed by atoms with van der Waals surface area (Å²) in [7, 11) is 1.77. The second kappa shape index (κ2) is 8.63. The molecule has 4 nitrogen and oxygen atoms in total. The van der Waals surface area contributed by atoms with E-state index in [0.29, 0.717) is 6.61 Å². The first kappa shape index (κ1) is 20.0. The summed E-state index contributed by atoms with van der Waals surface area (Å²) in [6.45, 7) is 2.77. The quantitative estimate of drug-likeness (QED) is 0.651. The number of nitrogens with zero attached hydrogens (tertiary/aromatic N) is 3. The predicted octanol–water partition coefficient (Wildman–Crippen LogP) is 5.30. The molecule has 4 heteroatoms. The summed E-state index contributed by atoms with van der Waals surface area (Å²) >= 11 is 0. The first-order valence-corrected chi connectivity index (χ1v) is 11.1. The zero-order valence-corrected chi connectivity index (χ0v) is 17.8. The van der Waals surface area contributed by atoms with Gasteiger partial charge in [0, 0.05) is 35.7 Å². The van der Waals surface area contributed by atoms with Crippen LogP contribution in [0.5, 0.6) is 0 Å². The third kappa shape index (κ3) is 3.69. The molecule has 0 spiro atoms. The molecule has 0 radical (unpaired) electrons. The number of methoxy groups -OCH3 is 1. The first-order chi connectivity index (χ1) is 14.2. The van der Waals surface area contributed by atoms with E-state index in [2.05, 4.69) is 30.1 Å². The molecule has 0 aliphatic heterocycles. The summed E-state index contributed by atoms with van der Waals surface area (Å²) in [6, 6.07) is 6.83. The van der Waals surface area contributed by atoms with Crippen molar-refractivity contribution in [3.63, 3.8) is 0 Å². The molecule has 29 heavy (non-hydrogen) atoms. The van der Waals surface area contributed by atoms with Crippen molar-refractivity contribution in [2.45, 2.75) is 76.5 Å². The van der Waals surface area contributed by atoms with Gasteiger partial charge in [0.1, 0.15) is 6.07 Å². The van der Waals surface area contributed by atoms with Crippen LogP contribution in [-0.4, -0.2) is 23.7 Å². The van der Waals surface area contributed by atoms with Crippen LogP contribution in [0.15, 0.2) is 18.3 Å². The lowest BCUT2D eigenvalue weighted by Gasteiger charge is -2.31. The van der Waals surface area contributed by atoms with Crippen LogP contribution < -0.4 is 0 Å². The van der Waals surface area contributed by atoms with E-state index >= 15 is 0 Å². The van der Waals surface area contributed by atoms with E-state index in [4.69, 9.17) is 9.72 Å². The highest BCUT2D eigenvalue weighted by molar-refractivity contribution is 5.76. The van der Waals surface area contributed by atoms with E-state index in [1.807, 2.05) is 6.20 Å². The molecule has 2 heterocycles. The summed E-state index contributed by atoms with van der Waals surface area (Å²) in [5, 5.41) is 10.4. The monoisotopic (exact) mass is 389 g/mol. The molecule has 0 amide bonds. The van der Waals surface area contributed by atoms with E-state index in [-0.39, 0.29) is 5.41 Å². The first-order valence-electron chi connectivity index (χ1n) is 11.1. The third-order valence-electron chi connectivity index (χ3n) is 6.79. The van der Waals surface area contributed by atoms with Crippen LogP contribution in [0, 0.1) is 11.3 Å². The zero-order chi connectivity index (χ0) is 20.3. The highest BCUT2D eigenvalue weighted by Crippen LogP contribution is 2.45. The van der Waals surface area contributed by atoms with E-state index in [1.54, 1.807) is 7.11 Å². The maximum absolute atomic E-state index is 10.4. The Kier molecular flexibility index (Phi) is 5.96. The molecule has 0 atom stereocenters. The van der Waals surface area contributed by atoms with Crippen LogP contribution >= 0.6 is 0 Å². The van der Waals surface area contributed by atoms with Gasteiger partial charge in [-0.25, -0.2) is 0 Å². The second-order valence-electron chi connectivity index (χ2n) is 8.62. The van der Waals surface area contributed by atoms with Crippen molar-refractivity contribution >= 4 is 0 Å². The molecule has 1 saturated carbocycles. The van der Waals surface area contributed by atoms with Crippen LogP contribution in [-0.2, 0) is 29.4 Å². The number of hydrogen-bond acceptors (Lipinski definition) is 4. The van der Waals surface area contributed by atoms with Gasteiger partial charge in [-0.05, 0) is 68.2 Å². The number of nitriles is 1. The number of fused-ring (bicyclic) bond motifs is 1. The molecule has 2 aromatic heterocycles. The number of ether oxygens (including phenoxy) is 1. The Balaban J connectivity index is 2.01. The minimum atomic E-state index is -0.128. The maximum Gasteiger partial charge on any atom is 0.102 e. The lowest BCUT2D eigenvalue weighted by atomic mass is 9.78. The van der Waals surface area contributed by atoms with Gasteiger partial charge in [-0.15, -0.1) is 0 Å². The Bertz CT molecular complexity index is 922. The SMILES string of the molecule is CCc1cc(-c2c(C#N)c(C3(COC)CCCC3)nc3c2CCCCC3)ccn1. The Hall–Kier alpha value is -2.25. The minimum absolute atomic E-state index is 0.128. The average Bonchev–Trinajstić information content (AvgIpc) is 3.10. The van der Waals surface area contributed by atoms with E-state index in [1.165, 1.54) is 43.4 Å². The zero-order valence-electron chi connectivity index (χ0n) is 17.8. The highest BCUT2D eigenvalue weighted by Gasteiger charge is 2.40. The molecule has 1 fully saturated rings. The highest BCUT2D eigenvalue weighted by atomic mass is 16.5. The number of aryl methyl sites for hydroxylation is 2. The van der Waals surface area contributed by atoms with Crippen LogP contribution in [0.1, 0.15) is 80.1 Å². The number of rotatable bonds is 5. The lowest BCUT2D eigenvalue weighted by Crippen LogP contribution is -2.31. The topological polar surface area (TPSA) is 58.8 Å². The van der Waals surface area contributed by atoms with Gasteiger partial charge in [0.15, 0.2) is 0 Å². The Morgan fingerprint density at radius 3 is 2.66 bits per heavy atom. The second-order valence-corrected chi connectivity index (χ2v) is 8.62. The van der Waals surface area contributed by atoms with Crippen molar-refractivity contribution in [1.82, 2.24) is 9.97 Å². The van der Waals surface area contributed by atoms with Gasteiger partial charge in [-0.1, -0.05) is 26.2 Å². The largest absolute Gasteiger partial charge is 0.384 e. The predicted molar refractivity (Wildman–Crippen MR) is 115 cm³/mol. The van der Waals surface area contributed by atoms with Gasteiger partial charge in [0.05, 0.1) is 17.9 Å². The van der Waals surface area contributed by atoms with E-state index in [0.717, 1.165) is 60.2 Å². The average molecular weight is 390 g/mol. The maximum atomic E-state index is 10.4. The molecule has 0 aromatic carbocycles. The van der Waals surface area contributed by atoms with E-state index < -0.39 is 0 Å². The number of hydrogen-bond donors (Lipinski definition) is 0. The molecular weight excluding hydrogens is 358 g/mol. The molecule has 4 rings (SSSR count). The molecule has 2 aliphatic carbocycles. The Morgan fingerprint density at radius 2 is 1.93 bits per heavy atom. The lowest BCUT2D eigenvalue weighted by molar-refractivity contribution is 0.129. The third-order valence-corrected chi connectivity index (χ3v) is 6.79. The molecule has 152 valence electrons. The standard InChI is InChI=1S/C25H31N3O/c1-3-19-15-18(11-14-27-19)23-20-9-5-4-6-10-22(20)28-24(21(23)16-26)25(17-29-2)12-7-8-13-25/h11,14-15H,3-10,12-13,17H2,1-2H3. The summed E-state index contributed by atoms with van der Waals surface area (Å²) in [5.74, 6) is 0. The van der Waals surface area contributed by atoms with Crippen molar-refractivity contribution < 1.29 is 4.74 Å². The van der Waals surface area contributed by atoms with Crippen molar-refractivity contribution in [2.24, 2.45) is 0 Å². The van der Waals surface area contributed by atoms with Crippen molar-refractivity contribution in [1.29, 1.82) is 5.26 Å². The minimum Gasteiger partial charge on any atom is -0.384 e. The molecular formula is C25H31N3O. The molecule has 0 N–H and O–H groups in total. The van der Waals surface area contributed by atoms with Gasteiger partial charge in [-0.2, -0.15) is 5.26 Å². The summed E-state index contributed by atoms with van der Waals surface area (Å²) in [5.41, 5.74) is 7.46. The van der Waals surface area contributed by atoms with Crippen LogP contribution in [0.2, 0.25) is 0 Å². The van der Waals surface area contributed by atoms with Crippen molar-refractivity contribution in [3.8, 4) is 17.2 Å². The molecule has 2 aromatic rings. The Labute approximate surface area is 174 Å². The number of pyridine rings is 2. The smallest absolute Gasteiger partial charge is 0.102 e. The van der Waals surface area contributed by atoms with Crippen molar-refractivity contribution in [2.75, 3.05) is 13.7 Å². The van der Waals surface area contributed by atoms with Gasteiger partial charge in [0.2, 0.25) is 0 Å². The molecule has 2 aliphatic rings. The molecule has 0 unspecified atom stereocenters. The van der Waals surface area contributed by atoms with Gasteiger partial charge >= 0.3 is 0 Å². The summed E-state index contributed by atoms with van der Waals surface area (Å²) in [6.07, 6.45) is 12.8. The fraction of sp³-hybridized carbons (Fsp3) is 0.560. The molecule has 0 bridgehead atoms. The van der Waals surface area contributed by atoms with E-state index in [9.17, 15) is 5.26 Å². The Morgan fingerprint density at radius 1 is 1.14 bits per heavy atom. The fourth-order valence-corrected chi connectivity index (χ4v) is 5.33. The van der Waals surface area contributed by atoms with Gasteiger partial charge in [0.25, 0.3) is 0 Å². The van der Waals surface area contributed by atoms with Crippen LogP contribution in [0.3, 0.4) is 0 Å². The summed E-state index contributed by atoms with van der Waals surface area (Å²) in [4.78, 5) is 9.72. The van der Waals surface area contributed by atoms with Crippen LogP contribution in [0.25, 0.3) is 11.1 Å². The van der Waals surface area contributed by atoms with Gasteiger partial charge in [-0.3, -0.25) is 9.97 Å². The van der Waals surface area contributed by atoms with Crippen molar-refractivity contribution in [3.05, 3.63) is 46.5 Å². The normalized spacial score (nSPS) is 18.1.